The number of hydroxylamine groups is 1. The number of aliphatic hydroxyl groups is 1. The molecule has 1 aromatic carbocycles. The molecule has 1 unspecified atom stereocenters. The second-order valence-corrected chi connectivity index (χ2v) is 5.18. The average Bonchev–Trinajstić information content (AvgIpc) is 2.56. The molecular weight excluding hydrogens is 284 g/mol. The minimum atomic E-state index is -0.692. The second-order valence-electron chi connectivity index (χ2n) is 5.18. The van der Waals surface area contributed by atoms with Gasteiger partial charge < -0.3 is 10.4 Å². The topological polar surface area (TPSA) is 98.7 Å². The molecule has 0 aromatic heterocycles. The molecule has 0 radical (unpaired) electrons. The van der Waals surface area contributed by atoms with Crippen molar-refractivity contribution < 1.29 is 19.9 Å². The molecule has 0 aliphatic carbocycles. The first-order valence-corrected chi connectivity index (χ1v) is 7.56. The molecule has 0 saturated carbocycles. The number of carbonyl (C=O) groups is 2. The maximum Gasteiger partial charge on any atom is 0.243 e. The highest BCUT2D eigenvalue weighted by Crippen LogP contribution is 2.11. The van der Waals surface area contributed by atoms with Gasteiger partial charge in [-0.25, -0.2) is 5.48 Å². The second kappa shape index (κ2) is 10.8. The lowest BCUT2D eigenvalue weighted by atomic mass is 10.1. The average molecular weight is 308 g/mol. The molecule has 0 aliphatic heterocycles. The number of rotatable bonds is 10. The molecule has 6 nitrogen and oxygen atoms in total. The van der Waals surface area contributed by atoms with Crippen molar-refractivity contribution in [3.05, 3.63) is 35.9 Å². The highest BCUT2D eigenvalue weighted by Gasteiger charge is 2.08. The van der Waals surface area contributed by atoms with Gasteiger partial charge >= 0.3 is 0 Å². The molecule has 0 saturated heterocycles. The van der Waals surface area contributed by atoms with Crippen molar-refractivity contribution in [1.82, 2.24) is 10.8 Å². The Kier molecular flexibility index (Phi) is 8.86. The highest BCUT2D eigenvalue weighted by molar-refractivity contribution is 5.75. The van der Waals surface area contributed by atoms with Crippen molar-refractivity contribution in [1.29, 1.82) is 0 Å². The van der Waals surface area contributed by atoms with Gasteiger partial charge in [-0.1, -0.05) is 43.2 Å². The van der Waals surface area contributed by atoms with Crippen LogP contribution < -0.4 is 10.8 Å². The van der Waals surface area contributed by atoms with E-state index in [1.807, 2.05) is 30.3 Å². The number of hydrogen-bond acceptors (Lipinski definition) is 4. The number of aliphatic hydroxyl groups excluding tert-OH is 1. The van der Waals surface area contributed by atoms with Gasteiger partial charge in [-0.3, -0.25) is 14.8 Å². The Morgan fingerprint density at radius 2 is 1.55 bits per heavy atom. The molecule has 122 valence electrons. The Labute approximate surface area is 130 Å². The number of unbranched alkanes of at least 4 members (excludes halogenated alkanes) is 3. The summed E-state index contributed by atoms with van der Waals surface area (Å²) in [5.41, 5.74) is 2.37. The summed E-state index contributed by atoms with van der Waals surface area (Å²) in [6.07, 6.45) is 3.15. The predicted molar refractivity (Wildman–Crippen MR) is 82.0 cm³/mol. The van der Waals surface area contributed by atoms with Gasteiger partial charge in [0, 0.05) is 19.4 Å². The lowest BCUT2D eigenvalue weighted by Crippen LogP contribution is -2.28. The van der Waals surface area contributed by atoms with Crippen LogP contribution in [0.2, 0.25) is 0 Å². The molecule has 6 heteroatoms. The molecule has 0 spiro atoms. The van der Waals surface area contributed by atoms with E-state index in [0.29, 0.717) is 19.3 Å². The number of nitrogens with one attached hydrogen (secondary N) is 2. The standard InChI is InChI=1S/C16H24N2O4/c19-14(13-8-4-3-5-9-13)12-17-15(20)10-6-1-2-7-11-16(21)18-22/h3-5,8-9,14,19,22H,1-2,6-7,10-12H2,(H,17,20)(H,18,21). The Bertz CT molecular complexity index is 451. The normalized spacial score (nSPS) is 11.7. The monoisotopic (exact) mass is 308 g/mol. The van der Waals surface area contributed by atoms with Crippen LogP contribution >= 0.6 is 0 Å². The third-order valence-corrected chi connectivity index (χ3v) is 3.36. The van der Waals surface area contributed by atoms with Gasteiger partial charge in [0.05, 0.1) is 6.10 Å². The van der Waals surface area contributed by atoms with Crippen molar-refractivity contribution >= 4 is 11.8 Å². The zero-order chi connectivity index (χ0) is 16.2. The lowest BCUT2D eigenvalue weighted by molar-refractivity contribution is -0.129. The Hall–Kier alpha value is -1.92. The van der Waals surface area contributed by atoms with Crippen LogP contribution in [0.3, 0.4) is 0 Å². The van der Waals surface area contributed by atoms with Gasteiger partial charge in [0.1, 0.15) is 0 Å². The first kappa shape index (κ1) is 18.1. The van der Waals surface area contributed by atoms with Crippen molar-refractivity contribution in [2.45, 2.75) is 44.6 Å². The molecule has 1 atom stereocenters. The van der Waals surface area contributed by atoms with Crippen LogP contribution in [0.1, 0.15) is 50.2 Å². The Balaban J connectivity index is 2.05. The maximum atomic E-state index is 11.6. The number of amides is 2. The van der Waals surface area contributed by atoms with Gasteiger partial charge in [-0.15, -0.1) is 0 Å². The molecule has 2 amide bonds. The van der Waals surface area contributed by atoms with E-state index in [1.54, 1.807) is 5.48 Å². The van der Waals surface area contributed by atoms with Crippen LogP contribution in [0.15, 0.2) is 30.3 Å². The molecule has 1 rings (SSSR count). The molecule has 0 fully saturated rings. The van der Waals surface area contributed by atoms with E-state index in [2.05, 4.69) is 5.32 Å². The zero-order valence-electron chi connectivity index (χ0n) is 12.6. The summed E-state index contributed by atoms with van der Waals surface area (Å²) in [7, 11) is 0. The molecule has 0 heterocycles. The number of carbonyl (C=O) groups excluding carboxylic acids is 2. The van der Waals surface area contributed by atoms with Crippen molar-refractivity contribution in [2.24, 2.45) is 0 Å². The molecular formula is C16H24N2O4. The van der Waals surface area contributed by atoms with Gasteiger partial charge in [0.15, 0.2) is 0 Å². The molecule has 0 aliphatic rings. The summed E-state index contributed by atoms with van der Waals surface area (Å²) in [6.45, 7) is 0.208. The fourth-order valence-electron chi connectivity index (χ4n) is 2.07. The minimum absolute atomic E-state index is 0.0805. The quantitative estimate of drug-likeness (QED) is 0.300. The summed E-state index contributed by atoms with van der Waals surface area (Å²) in [6, 6.07) is 9.20. The van der Waals surface area contributed by atoms with E-state index in [1.165, 1.54) is 0 Å². The molecule has 22 heavy (non-hydrogen) atoms. The first-order chi connectivity index (χ1) is 10.6. The number of benzene rings is 1. The van der Waals surface area contributed by atoms with E-state index >= 15 is 0 Å². The van der Waals surface area contributed by atoms with E-state index in [9.17, 15) is 14.7 Å². The third-order valence-electron chi connectivity index (χ3n) is 3.36. The zero-order valence-corrected chi connectivity index (χ0v) is 12.6. The van der Waals surface area contributed by atoms with Gasteiger partial charge in [0.25, 0.3) is 0 Å². The van der Waals surface area contributed by atoms with Gasteiger partial charge in [0.2, 0.25) is 11.8 Å². The van der Waals surface area contributed by atoms with E-state index in [4.69, 9.17) is 5.21 Å². The van der Waals surface area contributed by atoms with Crippen molar-refractivity contribution in [3.63, 3.8) is 0 Å². The first-order valence-electron chi connectivity index (χ1n) is 7.56. The smallest absolute Gasteiger partial charge is 0.243 e. The van der Waals surface area contributed by atoms with Gasteiger partial charge in [-0.2, -0.15) is 0 Å². The summed E-state index contributed by atoms with van der Waals surface area (Å²) in [4.78, 5) is 22.4. The fourth-order valence-corrected chi connectivity index (χ4v) is 2.07. The molecule has 1 aromatic rings. The predicted octanol–water partition coefficient (Wildman–Crippen LogP) is 1.68. The molecule has 4 N–H and O–H groups in total. The van der Waals surface area contributed by atoms with Crippen LogP contribution in [0.4, 0.5) is 0 Å². The van der Waals surface area contributed by atoms with Crippen molar-refractivity contribution in [3.8, 4) is 0 Å². The largest absolute Gasteiger partial charge is 0.387 e. The SMILES string of the molecule is O=C(CCCCCCC(=O)NCC(O)c1ccccc1)NO. The lowest BCUT2D eigenvalue weighted by Gasteiger charge is -2.12. The minimum Gasteiger partial charge on any atom is -0.387 e. The van der Waals surface area contributed by atoms with Crippen LogP contribution in [0, 0.1) is 0 Å². The summed E-state index contributed by atoms with van der Waals surface area (Å²) in [5, 5.41) is 20.9. The highest BCUT2D eigenvalue weighted by atomic mass is 16.5. The van der Waals surface area contributed by atoms with E-state index < -0.39 is 6.10 Å². The van der Waals surface area contributed by atoms with Crippen LogP contribution in [0.25, 0.3) is 0 Å². The van der Waals surface area contributed by atoms with Gasteiger partial charge in [-0.05, 0) is 18.4 Å². The van der Waals surface area contributed by atoms with E-state index in [0.717, 1.165) is 24.8 Å². The summed E-state index contributed by atoms with van der Waals surface area (Å²) in [5.74, 6) is -0.462. The van der Waals surface area contributed by atoms with Crippen LogP contribution in [-0.4, -0.2) is 28.7 Å². The van der Waals surface area contributed by atoms with Crippen LogP contribution in [0.5, 0.6) is 0 Å². The number of hydrogen-bond donors (Lipinski definition) is 4. The molecule has 0 bridgehead atoms. The van der Waals surface area contributed by atoms with Crippen LogP contribution in [-0.2, 0) is 9.59 Å². The maximum absolute atomic E-state index is 11.6. The Morgan fingerprint density at radius 3 is 2.14 bits per heavy atom. The summed E-state index contributed by atoms with van der Waals surface area (Å²) >= 11 is 0. The fraction of sp³-hybridized carbons (Fsp3) is 0.500. The van der Waals surface area contributed by atoms with Crippen molar-refractivity contribution in [2.75, 3.05) is 6.54 Å². The Morgan fingerprint density at radius 1 is 0.955 bits per heavy atom. The summed E-state index contributed by atoms with van der Waals surface area (Å²) < 4.78 is 0. The third kappa shape index (κ3) is 7.75. The van der Waals surface area contributed by atoms with E-state index in [-0.39, 0.29) is 18.4 Å².